The van der Waals surface area contributed by atoms with Gasteiger partial charge in [0.2, 0.25) is 5.88 Å². The van der Waals surface area contributed by atoms with Gasteiger partial charge < -0.3 is 10.5 Å². The molecule has 0 spiro atoms. The van der Waals surface area contributed by atoms with Gasteiger partial charge in [0, 0.05) is 18.8 Å². The largest absolute Gasteiger partial charge is 0.473 e. The maximum absolute atomic E-state index is 5.39. The minimum atomic E-state index is -0.000648. The van der Waals surface area contributed by atoms with Gasteiger partial charge in [-0.25, -0.2) is 4.98 Å². The van der Waals surface area contributed by atoms with E-state index in [1.54, 1.807) is 12.3 Å². The van der Waals surface area contributed by atoms with E-state index in [0.717, 1.165) is 0 Å². The summed E-state index contributed by atoms with van der Waals surface area (Å²) in [6.07, 6.45) is 1.67. The van der Waals surface area contributed by atoms with Crippen molar-refractivity contribution in [3.63, 3.8) is 0 Å². The molecule has 0 aliphatic heterocycles. The molecule has 12 heavy (non-hydrogen) atoms. The summed E-state index contributed by atoms with van der Waals surface area (Å²) >= 11 is 0. The van der Waals surface area contributed by atoms with Crippen molar-refractivity contribution in [2.45, 2.75) is 20.0 Å². The Morgan fingerprint density at radius 3 is 3.00 bits per heavy atom. The standard InChI is InChI=1S/C8H13N3O/c1-6(5-9)12-8-3-4-10-7(2)11-8/h3-4,6H,5,9H2,1-2H3. The normalized spacial score (nSPS) is 12.6. The Hall–Kier alpha value is -1.16. The fourth-order valence-corrected chi connectivity index (χ4v) is 0.754. The summed E-state index contributed by atoms with van der Waals surface area (Å²) in [5.41, 5.74) is 5.39. The molecule has 1 heterocycles. The Balaban J connectivity index is 2.63. The van der Waals surface area contributed by atoms with Crippen LogP contribution in [0.1, 0.15) is 12.7 Å². The van der Waals surface area contributed by atoms with Crippen LogP contribution in [0.4, 0.5) is 0 Å². The first-order valence-corrected chi connectivity index (χ1v) is 3.88. The number of hydrogen-bond acceptors (Lipinski definition) is 4. The third-order valence-corrected chi connectivity index (χ3v) is 1.40. The Labute approximate surface area is 71.8 Å². The molecular weight excluding hydrogens is 154 g/mol. The van der Waals surface area contributed by atoms with Crippen LogP contribution in [-0.2, 0) is 0 Å². The van der Waals surface area contributed by atoms with Crippen LogP contribution in [-0.4, -0.2) is 22.6 Å². The van der Waals surface area contributed by atoms with Crippen molar-refractivity contribution in [1.29, 1.82) is 0 Å². The van der Waals surface area contributed by atoms with Crippen molar-refractivity contribution < 1.29 is 4.74 Å². The fraction of sp³-hybridized carbons (Fsp3) is 0.500. The molecule has 0 aliphatic rings. The van der Waals surface area contributed by atoms with Gasteiger partial charge in [-0.15, -0.1) is 0 Å². The van der Waals surface area contributed by atoms with E-state index in [-0.39, 0.29) is 6.10 Å². The van der Waals surface area contributed by atoms with Gasteiger partial charge in [0.1, 0.15) is 11.9 Å². The predicted octanol–water partition coefficient (Wildman–Crippen LogP) is 0.511. The van der Waals surface area contributed by atoms with E-state index in [9.17, 15) is 0 Å². The van der Waals surface area contributed by atoms with Crippen LogP contribution in [0.25, 0.3) is 0 Å². The zero-order chi connectivity index (χ0) is 8.97. The Bertz CT molecular complexity index is 252. The van der Waals surface area contributed by atoms with Crippen molar-refractivity contribution in [2.75, 3.05) is 6.54 Å². The summed E-state index contributed by atoms with van der Waals surface area (Å²) < 4.78 is 5.37. The van der Waals surface area contributed by atoms with Crippen molar-refractivity contribution in [2.24, 2.45) is 5.73 Å². The number of aryl methyl sites for hydroxylation is 1. The lowest BCUT2D eigenvalue weighted by Gasteiger charge is -2.10. The van der Waals surface area contributed by atoms with E-state index < -0.39 is 0 Å². The molecular formula is C8H13N3O. The average Bonchev–Trinajstić information content (AvgIpc) is 2.04. The summed E-state index contributed by atoms with van der Waals surface area (Å²) in [4.78, 5) is 8.02. The molecule has 0 aliphatic carbocycles. The molecule has 0 saturated carbocycles. The van der Waals surface area contributed by atoms with Crippen LogP contribution in [0.5, 0.6) is 5.88 Å². The molecule has 4 nitrogen and oxygen atoms in total. The van der Waals surface area contributed by atoms with Crippen molar-refractivity contribution in [3.05, 3.63) is 18.1 Å². The Kier molecular flexibility index (Phi) is 2.99. The zero-order valence-corrected chi connectivity index (χ0v) is 7.32. The van der Waals surface area contributed by atoms with Gasteiger partial charge in [-0.05, 0) is 13.8 Å². The lowest BCUT2D eigenvalue weighted by molar-refractivity contribution is 0.220. The summed E-state index contributed by atoms with van der Waals surface area (Å²) in [5.74, 6) is 1.29. The summed E-state index contributed by atoms with van der Waals surface area (Å²) in [6.45, 7) is 4.21. The van der Waals surface area contributed by atoms with E-state index in [1.165, 1.54) is 0 Å². The molecule has 0 aromatic carbocycles. The van der Waals surface area contributed by atoms with Gasteiger partial charge >= 0.3 is 0 Å². The first-order chi connectivity index (χ1) is 5.72. The van der Waals surface area contributed by atoms with Gasteiger partial charge in [-0.3, -0.25) is 0 Å². The van der Waals surface area contributed by atoms with Crippen LogP contribution in [0.3, 0.4) is 0 Å². The minimum absolute atomic E-state index is 0.000648. The van der Waals surface area contributed by atoms with Crippen LogP contribution >= 0.6 is 0 Å². The summed E-state index contributed by atoms with van der Waals surface area (Å²) in [7, 11) is 0. The molecule has 0 bridgehead atoms. The van der Waals surface area contributed by atoms with Gasteiger partial charge in [-0.1, -0.05) is 0 Å². The molecule has 1 aromatic rings. The third-order valence-electron chi connectivity index (χ3n) is 1.40. The molecule has 0 amide bonds. The topological polar surface area (TPSA) is 61.0 Å². The number of aromatic nitrogens is 2. The van der Waals surface area contributed by atoms with Crippen LogP contribution in [0.15, 0.2) is 12.3 Å². The number of nitrogens with two attached hydrogens (primary N) is 1. The molecule has 2 N–H and O–H groups in total. The number of hydrogen-bond donors (Lipinski definition) is 1. The average molecular weight is 167 g/mol. The maximum Gasteiger partial charge on any atom is 0.216 e. The van der Waals surface area contributed by atoms with E-state index in [2.05, 4.69) is 9.97 Å². The molecule has 1 unspecified atom stereocenters. The highest BCUT2D eigenvalue weighted by Gasteiger charge is 2.01. The van der Waals surface area contributed by atoms with Gasteiger partial charge in [-0.2, -0.15) is 4.98 Å². The molecule has 0 saturated heterocycles. The zero-order valence-electron chi connectivity index (χ0n) is 7.32. The quantitative estimate of drug-likeness (QED) is 0.712. The van der Waals surface area contributed by atoms with Crippen molar-refractivity contribution in [1.82, 2.24) is 9.97 Å². The monoisotopic (exact) mass is 167 g/mol. The first kappa shape index (κ1) is 8.93. The summed E-state index contributed by atoms with van der Waals surface area (Å²) in [6, 6.07) is 1.72. The smallest absolute Gasteiger partial charge is 0.216 e. The van der Waals surface area contributed by atoms with E-state index in [4.69, 9.17) is 10.5 Å². The molecule has 1 aromatic heterocycles. The number of rotatable bonds is 3. The fourth-order valence-electron chi connectivity index (χ4n) is 0.754. The van der Waals surface area contributed by atoms with Crippen molar-refractivity contribution >= 4 is 0 Å². The second-order valence-electron chi connectivity index (χ2n) is 2.61. The molecule has 66 valence electrons. The van der Waals surface area contributed by atoms with Crippen LogP contribution < -0.4 is 10.5 Å². The highest BCUT2D eigenvalue weighted by atomic mass is 16.5. The highest BCUT2D eigenvalue weighted by Crippen LogP contribution is 2.06. The first-order valence-electron chi connectivity index (χ1n) is 3.88. The SMILES string of the molecule is Cc1nccc(OC(C)CN)n1. The lowest BCUT2D eigenvalue weighted by Crippen LogP contribution is -2.23. The summed E-state index contributed by atoms with van der Waals surface area (Å²) in [5, 5.41) is 0. The minimum Gasteiger partial charge on any atom is -0.473 e. The molecule has 0 fully saturated rings. The molecule has 1 atom stereocenters. The van der Waals surface area contributed by atoms with Crippen molar-refractivity contribution in [3.8, 4) is 5.88 Å². The second kappa shape index (κ2) is 4.01. The lowest BCUT2D eigenvalue weighted by atomic mass is 10.4. The highest BCUT2D eigenvalue weighted by molar-refractivity contribution is 5.08. The molecule has 4 heteroatoms. The maximum atomic E-state index is 5.39. The number of nitrogens with zero attached hydrogens (tertiary/aromatic N) is 2. The third kappa shape index (κ3) is 2.47. The van der Waals surface area contributed by atoms with Crippen LogP contribution in [0.2, 0.25) is 0 Å². The van der Waals surface area contributed by atoms with E-state index in [0.29, 0.717) is 18.2 Å². The van der Waals surface area contributed by atoms with Gasteiger partial charge in [0.25, 0.3) is 0 Å². The number of ether oxygens (including phenoxy) is 1. The predicted molar refractivity (Wildman–Crippen MR) is 45.9 cm³/mol. The second-order valence-corrected chi connectivity index (χ2v) is 2.61. The van der Waals surface area contributed by atoms with E-state index in [1.807, 2.05) is 13.8 Å². The molecule has 1 rings (SSSR count). The molecule has 0 radical (unpaired) electrons. The van der Waals surface area contributed by atoms with E-state index >= 15 is 0 Å². The Morgan fingerprint density at radius 1 is 1.67 bits per heavy atom. The van der Waals surface area contributed by atoms with Gasteiger partial charge in [0.05, 0.1) is 0 Å². The van der Waals surface area contributed by atoms with Crippen LogP contribution in [0, 0.1) is 6.92 Å². The Morgan fingerprint density at radius 2 is 2.42 bits per heavy atom. The van der Waals surface area contributed by atoms with Gasteiger partial charge in [0.15, 0.2) is 0 Å².